The van der Waals surface area contributed by atoms with Gasteiger partial charge in [0.1, 0.15) is 11.4 Å². The highest BCUT2D eigenvalue weighted by atomic mass is 19.1. The van der Waals surface area contributed by atoms with Crippen molar-refractivity contribution in [1.82, 2.24) is 19.6 Å². The smallest absolute Gasteiger partial charge is 0.410 e. The molecule has 2 aliphatic heterocycles. The van der Waals surface area contributed by atoms with Crippen LogP contribution in [-0.2, 0) is 4.74 Å². The number of halogens is 1. The van der Waals surface area contributed by atoms with Crippen LogP contribution in [0.3, 0.4) is 0 Å². The van der Waals surface area contributed by atoms with Crippen LogP contribution in [0.25, 0.3) is 5.69 Å². The zero-order valence-corrected chi connectivity index (χ0v) is 22.3. The lowest BCUT2D eigenvalue weighted by Gasteiger charge is -2.34. The lowest BCUT2D eigenvalue weighted by molar-refractivity contribution is 0.0203. The number of carbonyl (C=O) groups is 2. The van der Waals surface area contributed by atoms with Gasteiger partial charge in [-0.3, -0.25) is 4.79 Å². The standard InChI is InChI=1S/C30H35FN4O3/c1-30(2,3)38-29(37)33-16-13-22(14-17-33)27-26(19-32-35(27)25-11-9-24(31)10-12-25)28(36)34-18-15-23(20-34)21-7-5-4-6-8-21/h4-12,19,22-23H,13-18,20H2,1-3H3/t23-/m1/s1. The molecule has 0 unspecified atom stereocenters. The van der Waals surface area contributed by atoms with Gasteiger partial charge in [-0.05, 0) is 69.9 Å². The number of carbonyl (C=O) groups excluding carboxylic acids is 2. The number of rotatable bonds is 4. The molecular formula is C30H35FN4O3. The monoisotopic (exact) mass is 518 g/mol. The van der Waals surface area contributed by atoms with Gasteiger partial charge in [0.25, 0.3) is 5.91 Å². The van der Waals surface area contributed by atoms with Gasteiger partial charge in [-0.2, -0.15) is 5.10 Å². The fraction of sp³-hybridized carbons (Fsp3) is 0.433. The Balaban J connectivity index is 1.39. The molecule has 3 aromatic rings. The summed E-state index contributed by atoms with van der Waals surface area (Å²) >= 11 is 0. The van der Waals surface area contributed by atoms with Gasteiger partial charge in [-0.1, -0.05) is 30.3 Å². The lowest BCUT2D eigenvalue weighted by Crippen LogP contribution is -2.41. The molecule has 1 aromatic heterocycles. The minimum absolute atomic E-state index is 0.0210. The first kappa shape index (κ1) is 25.9. The van der Waals surface area contributed by atoms with E-state index >= 15 is 0 Å². The van der Waals surface area contributed by atoms with E-state index in [0.29, 0.717) is 56.2 Å². The number of ether oxygens (including phenoxy) is 1. The van der Waals surface area contributed by atoms with E-state index in [0.717, 1.165) is 12.1 Å². The van der Waals surface area contributed by atoms with E-state index in [4.69, 9.17) is 4.74 Å². The second-order valence-electron chi connectivity index (χ2n) is 11.2. The third-order valence-electron chi connectivity index (χ3n) is 7.39. The number of likely N-dealkylation sites (tertiary alicyclic amines) is 2. The molecule has 2 aliphatic rings. The summed E-state index contributed by atoms with van der Waals surface area (Å²) in [5.74, 6) is -0.0182. The van der Waals surface area contributed by atoms with Crippen molar-refractivity contribution in [3.8, 4) is 5.69 Å². The Hall–Kier alpha value is -3.68. The molecule has 200 valence electrons. The average molecular weight is 519 g/mol. The van der Waals surface area contributed by atoms with E-state index < -0.39 is 5.60 Å². The van der Waals surface area contributed by atoms with E-state index in [2.05, 4.69) is 17.2 Å². The zero-order chi connectivity index (χ0) is 26.9. The van der Waals surface area contributed by atoms with Crippen LogP contribution in [0.1, 0.15) is 73.5 Å². The van der Waals surface area contributed by atoms with E-state index in [1.807, 2.05) is 43.9 Å². The van der Waals surface area contributed by atoms with Crippen LogP contribution in [0.4, 0.5) is 9.18 Å². The van der Waals surface area contributed by atoms with Crippen LogP contribution in [0.2, 0.25) is 0 Å². The number of hydrogen-bond donors (Lipinski definition) is 0. The van der Waals surface area contributed by atoms with Gasteiger partial charge in [-0.15, -0.1) is 0 Å². The topological polar surface area (TPSA) is 67.7 Å². The Morgan fingerprint density at radius 1 is 0.895 bits per heavy atom. The van der Waals surface area contributed by atoms with E-state index in [9.17, 15) is 14.0 Å². The van der Waals surface area contributed by atoms with Crippen molar-refractivity contribution in [1.29, 1.82) is 0 Å². The van der Waals surface area contributed by atoms with Crippen LogP contribution in [-0.4, -0.2) is 63.4 Å². The van der Waals surface area contributed by atoms with Crippen molar-refractivity contribution in [2.24, 2.45) is 0 Å². The Morgan fingerprint density at radius 2 is 1.53 bits per heavy atom. The van der Waals surface area contributed by atoms with Crippen molar-refractivity contribution in [2.75, 3.05) is 26.2 Å². The molecule has 2 amide bonds. The maximum absolute atomic E-state index is 13.8. The van der Waals surface area contributed by atoms with E-state index in [1.54, 1.807) is 27.9 Å². The first-order valence-electron chi connectivity index (χ1n) is 13.4. The van der Waals surface area contributed by atoms with Crippen LogP contribution in [0.5, 0.6) is 0 Å². The summed E-state index contributed by atoms with van der Waals surface area (Å²) in [4.78, 5) is 30.1. The number of amides is 2. The fourth-order valence-electron chi connectivity index (χ4n) is 5.48. The molecular weight excluding hydrogens is 483 g/mol. The SMILES string of the molecule is CC(C)(C)OC(=O)N1CCC(c2c(C(=O)N3CC[C@@H](c4ccccc4)C3)cnn2-c2ccc(F)cc2)CC1. The van der Waals surface area contributed by atoms with E-state index in [1.165, 1.54) is 17.7 Å². The largest absolute Gasteiger partial charge is 0.444 e. The summed E-state index contributed by atoms with van der Waals surface area (Å²) in [6.07, 6.45) is 3.61. The molecule has 0 spiro atoms. The van der Waals surface area contributed by atoms with Crippen molar-refractivity contribution < 1.29 is 18.7 Å². The quantitative estimate of drug-likeness (QED) is 0.441. The molecule has 0 aliphatic carbocycles. The highest BCUT2D eigenvalue weighted by Crippen LogP contribution is 2.35. The normalized spacial score (nSPS) is 18.6. The van der Waals surface area contributed by atoms with Crippen molar-refractivity contribution >= 4 is 12.0 Å². The highest BCUT2D eigenvalue weighted by Gasteiger charge is 2.35. The fourth-order valence-corrected chi connectivity index (χ4v) is 5.48. The van der Waals surface area contributed by atoms with Crippen LogP contribution in [0.15, 0.2) is 60.8 Å². The Labute approximate surface area is 223 Å². The average Bonchev–Trinajstić information content (AvgIpc) is 3.57. The number of aromatic nitrogens is 2. The van der Waals surface area contributed by atoms with Gasteiger partial charge in [-0.25, -0.2) is 13.9 Å². The molecule has 0 radical (unpaired) electrons. The first-order valence-corrected chi connectivity index (χ1v) is 13.4. The summed E-state index contributed by atoms with van der Waals surface area (Å²) in [5, 5.41) is 4.61. The van der Waals surface area contributed by atoms with E-state index in [-0.39, 0.29) is 23.7 Å². The third-order valence-corrected chi connectivity index (χ3v) is 7.39. The summed E-state index contributed by atoms with van der Waals surface area (Å²) in [6, 6.07) is 16.5. The maximum Gasteiger partial charge on any atom is 0.410 e. The maximum atomic E-state index is 13.8. The van der Waals surface area contributed by atoms with Crippen LogP contribution < -0.4 is 0 Å². The molecule has 8 heteroatoms. The number of hydrogen-bond acceptors (Lipinski definition) is 4. The van der Waals surface area contributed by atoms with Gasteiger partial charge in [0.05, 0.1) is 23.1 Å². The molecule has 7 nitrogen and oxygen atoms in total. The van der Waals surface area contributed by atoms with Crippen LogP contribution >= 0.6 is 0 Å². The highest BCUT2D eigenvalue weighted by molar-refractivity contribution is 5.95. The van der Waals surface area contributed by atoms with Gasteiger partial charge < -0.3 is 14.5 Å². The van der Waals surface area contributed by atoms with Crippen LogP contribution in [0, 0.1) is 5.82 Å². The summed E-state index contributed by atoms with van der Waals surface area (Å²) in [6.45, 7) is 7.99. The predicted octanol–water partition coefficient (Wildman–Crippen LogP) is 5.76. The second kappa shape index (κ2) is 10.6. The Kier molecular flexibility index (Phi) is 7.23. The van der Waals surface area contributed by atoms with Gasteiger partial charge >= 0.3 is 6.09 Å². The Bertz CT molecular complexity index is 1280. The molecule has 2 fully saturated rings. The molecule has 1 atom stereocenters. The van der Waals surface area contributed by atoms with Crippen molar-refractivity contribution in [3.05, 3.63) is 83.4 Å². The first-order chi connectivity index (χ1) is 18.2. The lowest BCUT2D eigenvalue weighted by atomic mass is 9.90. The molecule has 2 aromatic carbocycles. The summed E-state index contributed by atoms with van der Waals surface area (Å²) < 4.78 is 21.0. The molecule has 0 saturated carbocycles. The van der Waals surface area contributed by atoms with Gasteiger partial charge in [0.2, 0.25) is 0 Å². The van der Waals surface area contributed by atoms with Crippen molar-refractivity contribution in [2.45, 2.75) is 57.5 Å². The molecule has 2 saturated heterocycles. The van der Waals surface area contributed by atoms with Gasteiger partial charge in [0, 0.05) is 38.0 Å². The molecule has 3 heterocycles. The van der Waals surface area contributed by atoms with Gasteiger partial charge in [0.15, 0.2) is 0 Å². The van der Waals surface area contributed by atoms with Crippen molar-refractivity contribution in [3.63, 3.8) is 0 Å². The number of benzene rings is 2. The minimum atomic E-state index is -0.554. The number of piperidine rings is 1. The predicted molar refractivity (Wildman–Crippen MR) is 143 cm³/mol. The summed E-state index contributed by atoms with van der Waals surface area (Å²) in [7, 11) is 0. The Morgan fingerprint density at radius 3 is 2.18 bits per heavy atom. The number of nitrogens with zero attached hydrogens (tertiary/aromatic N) is 4. The summed E-state index contributed by atoms with van der Waals surface area (Å²) in [5.41, 5.74) is 2.81. The minimum Gasteiger partial charge on any atom is -0.444 e. The molecule has 0 bridgehead atoms. The second-order valence-corrected chi connectivity index (χ2v) is 11.2. The third kappa shape index (κ3) is 5.59. The molecule has 5 rings (SSSR count). The molecule has 38 heavy (non-hydrogen) atoms. The molecule has 0 N–H and O–H groups in total. The zero-order valence-electron chi connectivity index (χ0n) is 22.3.